The van der Waals surface area contributed by atoms with Crippen molar-refractivity contribution in [1.82, 2.24) is 4.57 Å². The van der Waals surface area contributed by atoms with Gasteiger partial charge in [-0.25, -0.2) is 12.8 Å². The summed E-state index contributed by atoms with van der Waals surface area (Å²) in [4.78, 5) is 0.152. The van der Waals surface area contributed by atoms with Crippen LogP contribution in [0.5, 0.6) is 0 Å². The van der Waals surface area contributed by atoms with Crippen LogP contribution in [0.1, 0.15) is 35.6 Å². The van der Waals surface area contributed by atoms with Crippen LogP contribution in [0.15, 0.2) is 71.6 Å². The summed E-state index contributed by atoms with van der Waals surface area (Å²) in [5, 5.41) is 8.88. The Morgan fingerprint density at radius 2 is 1.74 bits per heavy atom. The second-order valence-corrected chi connectivity index (χ2v) is 10.4. The third-order valence-electron chi connectivity index (χ3n) is 6.58. The minimum atomic E-state index is -3.83. The van der Waals surface area contributed by atoms with Crippen LogP contribution in [-0.2, 0) is 14.8 Å². The molecule has 0 spiro atoms. The van der Waals surface area contributed by atoms with Gasteiger partial charge in [-0.3, -0.25) is 4.72 Å². The number of rotatable bonds is 6. The van der Waals surface area contributed by atoms with Crippen LogP contribution in [0, 0.1) is 18.2 Å². The molecule has 4 aromatic rings. The van der Waals surface area contributed by atoms with Crippen molar-refractivity contribution < 1.29 is 17.5 Å². The number of aromatic nitrogens is 1. The van der Waals surface area contributed by atoms with Gasteiger partial charge in [-0.1, -0.05) is 18.2 Å². The Bertz CT molecular complexity index is 1490. The van der Waals surface area contributed by atoms with E-state index in [9.17, 15) is 12.8 Å². The van der Waals surface area contributed by atoms with Gasteiger partial charge in [-0.05, 0) is 73.9 Å². The molecule has 0 unspecified atom stereocenters. The van der Waals surface area contributed by atoms with E-state index in [1.165, 1.54) is 24.3 Å². The third kappa shape index (κ3) is 4.35. The largest absolute Gasteiger partial charge is 0.381 e. The van der Waals surface area contributed by atoms with Crippen LogP contribution >= 0.6 is 0 Å². The first-order valence-electron chi connectivity index (χ1n) is 11.5. The van der Waals surface area contributed by atoms with Crippen molar-refractivity contribution in [2.75, 3.05) is 17.9 Å². The molecule has 180 valence electrons. The molecule has 1 aliphatic rings. The van der Waals surface area contributed by atoms with Crippen LogP contribution in [0.3, 0.4) is 0 Å². The molecular formula is C27H26FN3O3S. The van der Waals surface area contributed by atoms with E-state index in [-0.39, 0.29) is 16.6 Å². The lowest BCUT2D eigenvalue weighted by Crippen LogP contribution is -2.17. The van der Waals surface area contributed by atoms with Crippen molar-refractivity contribution in [3.05, 3.63) is 89.4 Å². The standard InChI is InChI=1S/C27H26FN3O3S/c1-18-24-16-25(30-35(32,33)23-5-3-2-4-6-23)20(17-29)15-26(24)31(22-9-7-21(28)8-10-22)27(18)19-11-13-34-14-12-19/h2-10,15-17,19,29-30H,11-14H2,1H3. The van der Waals surface area contributed by atoms with Gasteiger partial charge in [0.25, 0.3) is 10.0 Å². The van der Waals surface area contributed by atoms with E-state index in [2.05, 4.69) is 9.29 Å². The van der Waals surface area contributed by atoms with E-state index >= 15 is 0 Å². The number of halogens is 1. The number of anilines is 1. The molecule has 0 radical (unpaired) electrons. The number of sulfonamides is 1. The molecule has 0 atom stereocenters. The predicted octanol–water partition coefficient (Wildman–Crippen LogP) is 5.77. The molecule has 2 N–H and O–H groups in total. The van der Waals surface area contributed by atoms with E-state index in [1.807, 2.05) is 13.0 Å². The molecule has 1 aromatic heterocycles. The van der Waals surface area contributed by atoms with Gasteiger partial charge in [-0.15, -0.1) is 0 Å². The van der Waals surface area contributed by atoms with Crippen LogP contribution in [0.25, 0.3) is 16.6 Å². The van der Waals surface area contributed by atoms with E-state index < -0.39 is 10.0 Å². The highest BCUT2D eigenvalue weighted by atomic mass is 32.2. The first kappa shape index (κ1) is 23.3. The second-order valence-electron chi connectivity index (χ2n) is 8.73. The van der Waals surface area contributed by atoms with Crippen molar-refractivity contribution in [3.63, 3.8) is 0 Å². The number of ether oxygens (including phenoxy) is 1. The topological polar surface area (TPSA) is 84.2 Å². The molecule has 2 heterocycles. The smallest absolute Gasteiger partial charge is 0.261 e. The Morgan fingerprint density at radius 3 is 2.40 bits per heavy atom. The molecule has 1 aliphatic heterocycles. The Labute approximate surface area is 203 Å². The number of hydrogen-bond donors (Lipinski definition) is 2. The van der Waals surface area contributed by atoms with Crippen LogP contribution in [0.2, 0.25) is 0 Å². The zero-order chi connectivity index (χ0) is 24.6. The quantitative estimate of drug-likeness (QED) is 0.336. The Morgan fingerprint density at radius 1 is 1.06 bits per heavy atom. The Kier molecular flexibility index (Phi) is 6.17. The number of nitrogens with zero attached hydrogens (tertiary/aromatic N) is 1. The molecule has 0 amide bonds. The van der Waals surface area contributed by atoms with E-state index in [0.717, 1.165) is 46.9 Å². The van der Waals surface area contributed by atoms with Crippen molar-refractivity contribution in [1.29, 1.82) is 5.41 Å². The number of benzene rings is 3. The lowest BCUT2D eigenvalue weighted by atomic mass is 9.93. The van der Waals surface area contributed by atoms with E-state index in [4.69, 9.17) is 10.1 Å². The van der Waals surface area contributed by atoms with Gasteiger partial charge < -0.3 is 14.7 Å². The summed E-state index contributed by atoms with van der Waals surface area (Å²) >= 11 is 0. The zero-order valence-corrected chi connectivity index (χ0v) is 20.1. The summed E-state index contributed by atoms with van der Waals surface area (Å²) in [6.45, 7) is 3.37. The van der Waals surface area contributed by atoms with Crippen molar-refractivity contribution >= 4 is 32.8 Å². The summed E-state index contributed by atoms with van der Waals surface area (Å²) in [5.74, 6) is -0.0681. The van der Waals surface area contributed by atoms with Gasteiger partial charge in [0, 0.05) is 47.7 Å². The third-order valence-corrected chi connectivity index (χ3v) is 7.97. The highest BCUT2D eigenvalue weighted by Gasteiger charge is 2.26. The highest BCUT2D eigenvalue weighted by molar-refractivity contribution is 7.92. The fourth-order valence-corrected chi connectivity index (χ4v) is 5.96. The molecule has 35 heavy (non-hydrogen) atoms. The second kappa shape index (κ2) is 9.28. The number of aryl methyl sites for hydroxylation is 1. The average molecular weight is 492 g/mol. The van der Waals surface area contributed by atoms with Gasteiger partial charge in [0.05, 0.1) is 16.1 Å². The molecule has 8 heteroatoms. The summed E-state index contributed by atoms with van der Waals surface area (Å²) in [6, 6.07) is 18.1. The van der Waals surface area contributed by atoms with Crippen LogP contribution in [0.4, 0.5) is 10.1 Å². The first-order valence-corrected chi connectivity index (χ1v) is 13.0. The van der Waals surface area contributed by atoms with Gasteiger partial charge in [-0.2, -0.15) is 0 Å². The zero-order valence-electron chi connectivity index (χ0n) is 19.3. The molecule has 1 saturated heterocycles. The maximum Gasteiger partial charge on any atom is 0.261 e. The highest BCUT2D eigenvalue weighted by Crippen LogP contribution is 2.39. The number of fused-ring (bicyclic) bond motifs is 1. The maximum atomic E-state index is 13.7. The van der Waals surface area contributed by atoms with E-state index in [0.29, 0.717) is 24.5 Å². The summed E-state index contributed by atoms with van der Waals surface area (Å²) in [5.41, 5.74) is 4.59. The van der Waals surface area contributed by atoms with Crippen LogP contribution < -0.4 is 4.72 Å². The summed E-state index contributed by atoms with van der Waals surface area (Å²) in [7, 11) is -3.83. The van der Waals surface area contributed by atoms with Gasteiger partial charge in [0.1, 0.15) is 5.82 Å². The monoisotopic (exact) mass is 491 g/mol. The molecule has 0 bridgehead atoms. The molecule has 1 fully saturated rings. The van der Waals surface area contributed by atoms with Crippen molar-refractivity contribution in [2.24, 2.45) is 0 Å². The molecule has 5 rings (SSSR count). The normalized spacial score (nSPS) is 14.8. The molecule has 0 aliphatic carbocycles. The average Bonchev–Trinajstić information content (AvgIpc) is 3.16. The fraction of sp³-hybridized carbons (Fsp3) is 0.222. The van der Waals surface area contributed by atoms with Gasteiger partial charge in [0.15, 0.2) is 0 Å². The van der Waals surface area contributed by atoms with Crippen LogP contribution in [-0.4, -0.2) is 32.4 Å². The fourth-order valence-electron chi connectivity index (χ4n) is 4.86. The first-order chi connectivity index (χ1) is 16.9. The van der Waals surface area contributed by atoms with Crippen molar-refractivity contribution in [3.8, 4) is 5.69 Å². The minimum absolute atomic E-state index is 0.152. The molecule has 3 aromatic carbocycles. The number of nitrogens with one attached hydrogen (secondary N) is 2. The molecular weight excluding hydrogens is 465 g/mol. The number of hydrogen-bond acceptors (Lipinski definition) is 4. The van der Waals surface area contributed by atoms with Crippen molar-refractivity contribution in [2.45, 2.75) is 30.6 Å². The SMILES string of the molecule is Cc1c(C2CCOCC2)n(-c2ccc(F)cc2)c2cc(C=N)c(NS(=O)(=O)c3ccccc3)cc12. The summed E-state index contributed by atoms with van der Waals surface area (Å²) < 4.78 is 50.1. The molecule has 0 saturated carbocycles. The summed E-state index contributed by atoms with van der Waals surface area (Å²) in [6.07, 6.45) is 2.88. The molecule has 6 nitrogen and oxygen atoms in total. The van der Waals surface area contributed by atoms with Gasteiger partial charge >= 0.3 is 0 Å². The lowest BCUT2D eigenvalue weighted by molar-refractivity contribution is 0.0841. The minimum Gasteiger partial charge on any atom is -0.381 e. The maximum absolute atomic E-state index is 13.7. The van der Waals surface area contributed by atoms with E-state index in [1.54, 1.807) is 36.4 Å². The predicted molar refractivity (Wildman–Crippen MR) is 136 cm³/mol. The lowest BCUT2D eigenvalue weighted by Gasteiger charge is -2.25. The Balaban J connectivity index is 1.71. The Hall–Kier alpha value is -3.49. The van der Waals surface area contributed by atoms with Gasteiger partial charge in [0.2, 0.25) is 0 Å².